The van der Waals surface area contributed by atoms with Gasteiger partial charge in [-0.15, -0.1) is 5.10 Å². The number of rotatable bonds is 7. The third-order valence-corrected chi connectivity index (χ3v) is 4.91. The minimum Gasteiger partial charge on any atom is -0.354 e. The van der Waals surface area contributed by atoms with Crippen LogP contribution in [0.3, 0.4) is 0 Å². The summed E-state index contributed by atoms with van der Waals surface area (Å²) in [6.07, 6.45) is 0.715. The van der Waals surface area contributed by atoms with Crippen molar-refractivity contribution in [3.63, 3.8) is 0 Å². The molecule has 0 bridgehead atoms. The zero-order chi connectivity index (χ0) is 19.9. The Balaban J connectivity index is 1.72. The lowest BCUT2D eigenvalue weighted by Gasteiger charge is -2.23. The van der Waals surface area contributed by atoms with Crippen LogP contribution in [-0.4, -0.2) is 34.5 Å². The van der Waals surface area contributed by atoms with Crippen molar-refractivity contribution in [1.29, 1.82) is 0 Å². The molecule has 0 radical (unpaired) electrons. The zero-order valence-electron chi connectivity index (χ0n) is 15.3. The average Bonchev–Trinajstić information content (AvgIpc) is 3.23. The van der Waals surface area contributed by atoms with Crippen molar-refractivity contribution in [2.75, 3.05) is 18.0 Å². The summed E-state index contributed by atoms with van der Waals surface area (Å²) in [4.78, 5) is 26.8. The molecule has 144 valence electrons. The number of halogens is 1. The number of aromatic nitrogens is 2. The molecule has 2 amide bonds. The maximum atomic E-state index is 12.9. The van der Waals surface area contributed by atoms with Gasteiger partial charge in [-0.25, -0.2) is 0 Å². The Labute approximate surface area is 172 Å². The van der Waals surface area contributed by atoms with Crippen molar-refractivity contribution in [1.82, 2.24) is 14.9 Å². The van der Waals surface area contributed by atoms with Gasteiger partial charge < -0.3 is 5.32 Å². The molecule has 1 N–H and O–H groups in total. The van der Waals surface area contributed by atoms with E-state index >= 15 is 0 Å². The van der Waals surface area contributed by atoms with E-state index in [1.807, 2.05) is 43.3 Å². The van der Waals surface area contributed by atoms with Crippen LogP contribution in [0.25, 0.3) is 0 Å². The van der Waals surface area contributed by atoms with E-state index in [9.17, 15) is 9.59 Å². The summed E-state index contributed by atoms with van der Waals surface area (Å²) in [5, 5.41) is 8.75. The van der Waals surface area contributed by atoms with Gasteiger partial charge in [0, 0.05) is 22.6 Å². The third kappa shape index (κ3) is 5.15. The van der Waals surface area contributed by atoms with Crippen LogP contribution < -0.4 is 10.2 Å². The summed E-state index contributed by atoms with van der Waals surface area (Å²) in [5.74, 6) is -0.649. The van der Waals surface area contributed by atoms with Crippen molar-refractivity contribution in [3.8, 4) is 0 Å². The van der Waals surface area contributed by atoms with Crippen molar-refractivity contribution in [3.05, 3.63) is 75.8 Å². The average molecular weight is 415 g/mol. The summed E-state index contributed by atoms with van der Waals surface area (Å²) in [7, 11) is 0. The molecule has 0 saturated heterocycles. The first kappa shape index (κ1) is 20.0. The molecule has 0 spiro atoms. The highest BCUT2D eigenvalue weighted by atomic mass is 35.5. The Morgan fingerprint density at radius 1 is 1.18 bits per heavy atom. The van der Waals surface area contributed by atoms with Gasteiger partial charge in [-0.1, -0.05) is 52.5 Å². The van der Waals surface area contributed by atoms with Gasteiger partial charge in [0.2, 0.25) is 5.91 Å². The Bertz CT molecular complexity index is 948. The minimum atomic E-state index is -0.391. The van der Waals surface area contributed by atoms with E-state index in [1.165, 1.54) is 4.90 Å². The van der Waals surface area contributed by atoms with E-state index in [0.29, 0.717) is 23.7 Å². The smallest absolute Gasteiger partial charge is 0.280 e. The number of carbonyl (C=O) groups is 2. The first-order valence-corrected chi connectivity index (χ1v) is 9.92. The number of anilines is 1. The maximum Gasteiger partial charge on any atom is 0.280 e. The molecule has 8 heteroatoms. The molecule has 1 aromatic heterocycles. The monoisotopic (exact) mass is 414 g/mol. The highest BCUT2D eigenvalue weighted by molar-refractivity contribution is 7.03. The second-order valence-electron chi connectivity index (χ2n) is 6.20. The lowest BCUT2D eigenvalue weighted by Crippen LogP contribution is -2.42. The molecule has 0 unspecified atom stereocenters. The van der Waals surface area contributed by atoms with Crippen LogP contribution in [0.15, 0.2) is 53.9 Å². The number of benzene rings is 2. The predicted molar refractivity (Wildman–Crippen MR) is 111 cm³/mol. The highest BCUT2D eigenvalue weighted by Gasteiger charge is 2.24. The van der Waals surface area contributed by atoms with Crippen LogP contribution >= 0.6 is 23.1 Å². The molecule has 6 nitrogen and oxygen atoms in total. The predicted octanol–water partition coefficient (Wildman–Crippen LogP) is 3.51. The second-order valence-corrected chi connectivity index (χ2v) is 7.24. The molecule has 0 fully saturated rings. The summed E-state index contributed by atoms with van der Waals surface area (Å²) < 4.78 is 3.74. The molecule has 28 heavy (non-hydrogen) atoms. The lowest BCUT2D eigenvalue weighted by atomic mass is 10.1. The zero-order valence-corrected chi connectivity index (χ0v) is 16.8. The summed E-state index contributed by atoms with van der Waals surface area (Å²) in [6.45, 7) is 2.21. The standard InChI is InChI=1S/C20H19ClN4O2S/c1-14-7-8-16(21)11-18(14)25(20(27)17-13-28-24-23-17)12-19(26)22-10-9-15-5-3-2-4-6-15/h2-8,11,13H,9-10,12H2,1H3,(H,22,26). The van der Waals surface area contributed by atoms with Crippen LogP contribution in [0, 0.1) is 6.92 Å². The van der Waals surface area contributed by atoms with Crippen LogP contribution in [0.1, 0.15) is 21.6 Å². The van der Waals surface area contributed by atoms with Crippen molar-refractivity contribution in [2.24, 2.45) is 0 Å². The van der Waals surface area contributed by atoms with E-state index in [1.54, 1.807) is 17.5 Å². The largest absolute Gasteiger partial charge is 0.354 e. The highest BCUT2D eigenvalue weighted by Crippen LogP contribution is 2.25. The third-order valence-electron chi connectivity index (χ3n) is 4.17. The Hall–Kier alpha value is -2.77. The van der Waals surface area contributed by atoms with Gasteiger partial charge in [0.15, 0.2) is 5.69 Å². The number of carbonyl (C=O) groups excluding carboxylic acids is 2. The summed E-state index contributed by atoms with van der Waals surface area (Å²) in [6, 6.07) is 15.1. The van der Waals surface area contributed by atoms with Crippen molar-refractivity contribution in [2.45, 2.75) is 13.3 Å². The van der Waals surface area contributed by atoms with Crippen LogP contribution in [0.2, 0.25) is 5.02 Å². The van der Waals surface area contributed by atoms with Crippen LogP contribution in [0.4, 0.5) is 5.69 Å². The molecule has 3 aromatic rings. The second kappa shape index (κ2) is 9.43. The molecule has 1 heterocycles. The van der Waals surface area contributed by atoms with E-state index in [4.69, 9.17) is 11.6 Å². The topological polar surface area (TPSA) is 75.2 Å². The Morgan fingerprint density at radius 3 is 2.68 bits per heavy atom. The number of amides is 2. The van der Waals surface area contributed by atoms with E-state index < -0.39 is 5.91 Å². The molecule has 0 aliphatic rings. The number of nitrogens with one attached hydrogen (secondary N) is 1. The maximum absolute atomic E-state index is 12.9. The summed E-state index contributed by atoms with van der Waals surface area (Å²) >= 11 is 7.20. The van der Waals surface area contributed by atoms with Gasteiger partial charge >= 0.3 is 0 Å². The summed E-state index contributed by atoms with van der Waals surface area (Å²) in [5.41, 5.74) is 2.73. The first-order valence-electron chi connectivity index (χ1n) is 8.70. The van der Waals surface area contributed by atoms with E-state index in [0.717, 1.165) is 22.7 Å². The van der Waals surface area contributed by atoms with Gasteiger partial charge in [-0.05, 0) is 48.1 Å². The van der Waals surface area contributed by atoms with E-state index in [2.05, 4.69) is 14.9 Å². The fourth-order valence-electron chi connectivity index (χ4n) is 2.73. The molecule has 0 atom stereocenters. The van der Waals surface area contributed by atoms with Gasteiger partial charge in [0.1, 0.15) is 6.54 Å². The van der Waals surface area contributed by atoms with Gasteiger partial charge in [0.25, 0.3) is 5.91 Å². The number of aryl methyl sites for hydroxylation is 1. The fraction of sp³-hybridized carbons (Fsp3) is 0.200. The van der Waals surface area contributed by atoms with Gasteiger partial charge in [-0.3, -0.25) is 14.5 Å². The quantitative estimate of drug-likeness (QED) is 0.642. The molecular weight excluding hydrogens is 396 g/mol. The Kier molecular flexibility index (Phi) is 6.73. The molecule has 3 rings (SSSR count). The van der Waals surface area contributed by atoms with E-state index in [-0.39, 0.29) is 18.1 Å². The first-order chi connectivity index (χ1) is 13.5. The van der Waals surface area contributed by atoms with Gasteiger partial charge in [-0.2, -0.15) is 0 Å². The lowest BCUT2D eigenvalue weighted by molar-refractivity contribution is -0.119. The SMILES string of the molecule is Cc1ccc(Cl)cc1N(CC(=O)NCCc1ccccc1)C(=O)c1csnn1. The van der Waals surface area contributed by atoms with Crippen molar-refractivity contribution < 1.29 is 9.59 Å². The van der Waals surface area contributed by atoms with Crippen LogP contribution in [-0.2, 0) is 11.2 Å². The Morgan fingerprint density at radius 2 is 1.96 bits per heavy atom. The van der Waals surface area contributed by atoms with Crippen molar-refractivity contribution >= 4 is 40.6 Å². The molecule has 2 aromatic carbocycles. The number of hydrogen-bond acceptors (Lipinski definition) is 5. The molecule has 0 aliphatic heterocycles. The molecule has 0 saturated carbocycles. The van der Waals surface area contributed by atoms with Crippen LogP contribution in [0.5, 0.6) is 0 Å². The molecule has 0 aliphatic carbocycles. The normalized spacial score (nSPS) is 10.5. The number of nitrogens with zero attached hydrogens (tertiary/aromatic N) is 3. The van der Waals surface area contributed by atoms with Gasteiger partial charge in [0.05, 0.1) is 0 Å². The minimum absolute atomic E-state index is 0.133. The number of hydrogen-bond donors (Lipinski definition) is 1. The fourth-order valence-corrected chi connectivity index (χ4v) is 3.32. The molecular formula is C20H19ClN4O2S.